The lowest BCUT2D eigenvalue weighted by molar-refractivity contribution is -0.163. The summed E-state index contributed by atoms with van der Waals surface area (Å²) in [5, 5.41) is 14.6. The number of carboxylic acid groups (broad SMARTS) is 1. The van der Waals surface area contributed by atoms with Crippen molar-refractivity contribution in [2.24, 2.45) is 0 Å². The molecule has 4 atom stereocenters. The number of hydrogen-bond donors (Lipinski definition) is 3. The van der Waals surface area contributed by atoms with Gasteiger partial charge in [0.2, 0.25) is 11.8 Å². The zero-order valence-electron chi connectivity index (χ0n) is 13.4. The van der Waals surface area contributed by atoms with Crippen molar-refractivity contribution in [1.29, 1.82) is 0 Å². The number of fused-ring (bicyclic) bond motifs is 1. The third kappa shape index (κ3) is 3.41. The molecule has 3 rings (SSSR count). The number of β-lactam (4-membered cyclic amide) rings is 1. The number of carboxylic acids is 1. The van der Waals surface area contributed by atoms with Gasteiger partial charge in [0.15, 0.2) is 0 Å². The molecule has 0 unspecified atom stereocenters. The molecule has 7 nitrogen and oxygen atoms in total. The van der Waals surface area contributed by atoms with Crippen LogP contribution in [0.15, 0.2) is 30.3 Å². The quantitative estimate of drug-likeness (QED) is 0.517. The van der Waals surface area contributed by atoms with Gasteiger partial charge in [-0.3, -0.25) is 9.59 Å². The molecular weight excluding hydrogens is 366 g/mol. The van der Waals surface area contributed by atoms with Crippen LogP contribution in [0, 0.1) is 0 Å². The summed E-state index contributed by atoms with van der Waals surface area (Å²) in [5.41, 5.74) is 0.801. The number of halogens is 1. The number of hydrogen-bond acceptors (Lipinski definition) is 5. The standard InChI is InChI=1S/C16H18ClN3O4S/c1-16(17)8-25-14-11(13(22)20(14)12(16)15(23)24)19-10(21)7-18-9-5-3-2-4-6-9/h2-6,11-12,14,18H,7-8H2,1H3,(H,19,21)(H,23,24)/t11-,12+,14-,16-/m1/s1. The van der Waals surface area contributed by atoms with E-state index in [0.717, 1.165) is 5.69 Å². The van der Waals surface area contributed by atoms with Gasteiger partial charge in [-0.15, -0.1) is 23.4 Å². The van der Waals surface area contributed by atoms with Gasteiger partial charge in [0.05, 0.1) is 11.4 Å². The van der Waals surface area contributed by atoms with Crippen molar-refractivity contribution in [2.45, 2.75) is 29.3 Å². The first kappa shape index (κ1) is 17.9. The average molecular weight is 384 g/mol. The number of carbonyl (C=O) groups excluding carboxylic acids is 2. The Hall–Kier alpha value is -1.93. The van der Waals surface area contributed by atoms with Gasteiger partial charge in [-0.2, -0.15) is 0 Å². The third-order valence-corrected chi connectivity index (χ3v) is 6.35. The maximum atomic E-state index is 12.4. The lowest BCUT2D eigenvalue weighted by Crippen LogP contribution is -2.78. The first-order valence-corrected chi connectivity index (χ1v) is 9.18. The van der Waals surface area contributed by atoms with E-state index in [1.165, 1.54) is 16.7 Å². The Morgan fingerprint density at radius 2 is 2.08 bits per heavy atom. The maximum Gasteiger partial charge on any atom is 0.328 e. The highest BCUT2D eigenvalue weighted by Gasteiger charge is 2.61. The minimum Gasteiger partial charge on any atom is -0.480 e. The Kier molecular flexibility index (Phi) is 4.83. The van der Waals surface area contributed by atoms with Crippen LogP contribution >= 0.6 is 23.4 Å². The molecule has 2 heterocycles. The molecule has 3 N–H and O–H groups in total. The summed E-state index contributed by atoms with van der Waals surface area (Å²) in [6.45, 7) is 1.64. The van der Waals surface area contributed by atoms with Crippen molar-refractivity contribution in [3.8, 4) is 0 Å². The van der Waals surface area contributed by atoms with E-state index >= 15 is 0 Å². The first-order chi connectivity index (χ1) is 11.8. The van der Waals surface area contributed by atoms with Gasteiger partial charge in [-0.05, 0) is 19.1 Å². The number of thioether (sulfide) groups is 1. The lowest BCUT2D eigenvalue weighted by atomic mass is 9.94. The zero-order chi connectivity index (χ0) is 18.2. The summed E-state index contributed by atoms with van der Waals surface area (Å²) in [7, 11) is 0. The smallest absolute Gasteiger partial charge is 0.328 e. The fraction of sp³-hybridized carbons (Fsp3) is 0.438. The van der Waals surface area contributed by atoms with Gasteiger partial charge in [0.25, 0.3) is 0 Å². The Labute approximate surface area is 154 Å². The van der Waals surface area contributed by atoms with Crippen LogP contribution in [0.25, 0.3) is 0 Å². The van der Waals surface area contributed by atoms with Crippen LogP contribution < -0.4 is 10.6 Å². The molecule has 1 aromatic carbocycles. The number of aliphatic carboxylic acids is 1. The van der Waals surface area contributed by atoms with Gasteiger partial charge < -0.3 is 20.6 Å². The number of rotatable bonds is 5. The first-order valence-electron chi connectivity index (χ1n) is 7.75. The van der Waals surface area contributed by atoms with Crippen LogP contribution in [0.3, 0.4) is 0 Å². The van der Waals surface area contributed by atoms with E-state index in [1.807, 2.05) is 30.3 Å². The van der Waals surface area contributed by atoms with Gasteiger partial charge in [0, 0.05) is 11.4 Å². The van der Waals surface area contributed by atoms with E-state index in [2.05, 4.69) is 10.6 Å². The number of anilines is 1. The molecule has 0 aliphatic carbocycles. The number of nitrogens with one attached hydrogen (secondary N) is 2. The molecule has 2 aliphatic rings. The van der Waals surface area contributed by atoms with E-state index in [4.69, 9.17) is 11.6 Å². The Balaban J connectivity index is 1.59. The highest BCUT2D eigenvalue weighted by Crippen LogP contribution is 2.44. The van der Waals surface area contributed by atoms with Gasteiger partial charge in [-0.1, -0.05) is 18.2 Å². The number of para-hydroxylation sites is 1. The Morgan fingerprint density at radius 3 is 2.72 bits per heavy atom. The van der Waals surface area contributed by atoms with Crippen LogP contribution in [0.2, 0.25) is 0 Å². The molecule has 25 heavy (non-hydrogen) atoms. The normalized spacial score (nSPS) is 30.9. The van der Waals surface area contributed by atoms with Crippen molar-refractivity contribution in [2.75, 3.05) is 17.6 Å². The van der Waals surface area contributed by atoms with E-state index in [1.54, 1.807) is 6.92 Å². The van der Waals surface area contributed by atoms with E-state index in [9.17, 15) is 19.5 Å². The Bertz CT molecular complexity index is 700. The Morgan fingerprint density at radius 1 is 1.40 bits per heavy atom. The van der Waals surface area contributed by atoms with E-state index in [-0.39, 0.29) is 12.5 Å². The number of amides is 2. The fourth-order valence-corrected chi connectivity index (χ4v) is 4.83. The summed E-state index contributed by atoms with van der Waals surface area (Å²) in [6.07, 6.45) is 0. The molecule has 1 aromatic rings. The zero-order valence-corrected chi connectivity index (χ0v) is 15.0. The van der Waals surface area contributed by atoms with Gasteiger partial charge in [-0.25, -0.2) is 4.79 Å². The molecule has 0 aromatic heterocycles. The second-order valence-electron chi connectivity index (χ2n) is 6.23. The van der Waals surface area contributed by atoms with E-state index in [0.29, 0.717) is 5.75 Å². The number of carbonyl (C=O) groups is 3. The van der Waals surface area contributed by atoms with E-state index < -0.39 is 34.2 Å². The second kappa shape index (κ2) is 6.76. The molecular formula is C16H18ClN3O4S. The third-order valence-electron chi connectivity index (χ3n) is 4.24. The minimum atomic E-state index is -1.13. The summed E-state index contributed by atoms with van der Waals surface area (Å²) < 4.78 is 0. The predicted molar refractivity (Wildman–Crippen MR) is 95.6 cm³/mol. The van der Waals surface area contributed by atoms with Crippen LogP contribution in [0.4, 0.5) is 5.69 Å². The van der Waals surface area contributed by atoms with Crippen LogP contribution in [-0.2, 0) is 14.4 Å². The fourth-order valence-electron chi connectivity index (χ4n) is 3.03. The van der Waals surface area contributed by atoms with Gasteiger partial charge >= 0.3 is 5.97 Å². The van der Waals surface area contributed by atoms with Gasteiger partial charge in [0.1, 0.15) is 17.5 Å². The molecule has 2 aliphatic heterocycles. The highest BCUT2D eigenvalue weighted by atomic mass is 35.5. The van der Waals surface area contributed by atoms with Crippen LogP contribution in [-0.4, -0.2) is 62.4 Å². The molecule has 0 saturated carbocycles. The van der Waals surface area contributed by atoms with Crippen LogP contribution in [0.1, 0.15) is 6.92 Å². The second-order valence-corrected chi connectivity index (χ2v) is 8.20. The van der Waals surface area contributed by atoms with Crippen molar-refractivity contribution in [3.63, 3.8) is 0 Å². The highest BCUT2D eigenvalue weighted by molar-refractivity contribution is 8.00. The monoisotopic (exact) mass is 383 g/mol. The maximum absolute atomic E-state index is 12.4. The summed E-state index contributed by atoms with van der Waals surface area (Å²) in [4.78, 5) is 36.2. The lowest BCUT2D eigenvalue weighted by Gasteiger charge is -2.55. The van der Waals surface area contributed by atoms with Crippen molar-refractivity contribution < 1.29 is 19.5 Å². The minimum absolute atomic E-state index is 0.0285. The summed E-state index contributed by atoms with van der Waals surface area (Å²) in [5.74, 6) is -1.49. The number of benzene rings is 1. The topological polar surface area (TPSA) is 98.7 Å². The molecule has 0 spiro atoms. The molecule has 2 saturated heterocycles. The average Bonchev–Trinajstić information content (AvgIpc) is 2.57. The largest absolute Gasteiger partial charge is 0.480 e. The molecule has 0 bridgehead atoms. The van der Waals surface area contributed by atoms with Crippen molar-refractivity contribution in [1.82, 2.24) is 10.2 Å². The number of alkyl halides is 1. The predicted octanol–water partition coefficient (Wildman–Crippen LogP) is 0.949. The summed E-state index contributed by atoms with van der Waals surface area (Å²) >= 11 is 7.65. The molecule has 2 amide bonds. The molecule has 134 valence electrons. The SMILES string of the molecule is C[C@@]1(Cl)CS[C@@H]2[C@H](NC(=O)CNc3ccccc3)C(=O)N2[C@H]1C(=O)O. The molecule has 0 radical (unpaired) electrons. The molecule has 9 heteroatoms. The number of nitrogens with zero attached hydrogens (tertiary/aromatic N) is 1. The summed E-state index contributed by atoms with van der Waals surface area (Å²) in [6, 6.07) is 7.42. The van der Waals surface area contributed by atoms with Crippen molar-refractivity contribution >= 4 is 46.8 Å². The molecule has 2 fully saturated rings. The van der Waals surface area contributed by atoms with Crippen molar-refractivity contribution in [3.05, 3.63) is 30.3 Å². The van der Waals surface area contributed by atoms with Crippen LogP contribution in [0.5, 0.6) is 0 Å².